The monoisotopic (exact) mass is 354 g/mol. The van der Waals surface area contributed by atoms with E-state index in [0.29, 0.717) is 17.4 Å². The van der Waals surface area contributed by atoms with Crippen LogP contribution in [-0.2, 0) is 13.0 Å². The summed E-state index contributed by atoms with van der Waals surface area (Å²) in [5.74, 6) is 3.59. The molecule has 1 saturated heterocycles. The minimum Gasteiger partial charge on any atom is -0.493 e. The van der Waals surface area contributed by atoms with Crippen molar-refractivity contribution in [2.75, 3.05) is 31.6 Å². The number of rotatable bonds is 4. The zero-order valence-corrected chi connectivity index (χ0v) is 15.5. The van der Waals surface area contributed by atoms with E-state index >= 15 is 0 Å². The Bertz CT molecular complexity index is 772. The normalized spacial score (nSPS) is 17.7. The summed E-state index contributed by atoms with van der Waals surface area (Å²) >= 11 is 0. The molecular formula is C20H26N4O2. The standard InChI is InChI=1S/C20H26N4O2/c1-14-8-11-24(12-9-14)20-22-16-7-10-21-13-15(16)19(23-20)26-18-6-4-3-5-17(18)25-2/h3-6,14,21H,7-13H2,1-2H3. The van der Waals surface area contributed by atoms with Gasteiger partial charge in [-0.1, -0.05) is 19.1 Å². The lowest BCUT2D eigenvalue weighted by Crippen LogP contribution is -2.35. The second-order valence-electron chi connectivity index (χ2n) is 7.10. The molecule has 2 aliphatic rings. The summed E-state index contributed by atoms with van der Waals surface area (Å²) in [6.45, 7) is 6.00. The molecule has 0 radical (unpaired) electrons. The highest BCUT2D eigenvalue weighted by Crippen LogP contribution is 2.34. The van der Waals surface area contributed by atoms with Crippen LogP contribution in [0.1, 0.15) is 31.0 Å². The van der Waals surface area contributed by atoms with E-state index in [1.54, 1.807) is 7.11 Å². The van der Waals surface area contributed by atoms with Gasteiger partial charge in [0.25, 0.3) is 0 Å². The van der Waals surface area contributed by atoms with E-state index in [0.717, 1.165) is 55.7 Å². The van der Waals surface area contributed by atoms with E-state index in [-0.39, 0.29) is 0 Å². The quantitative estimate of drug-likeness (QED) is 0.910. The summed E-state index contributed by atoms with van der Waals surface area (Å²) in [5, 5.41) is 3.40. The van der Waals surface area contributed by atoms with Crippen molar-refractivity contribution in [1.82, 2.24) is 15.3 Å². The van der Waals surface area contributed by atoms with Crippen LogP contribution in [0, 0.1) is 5.92 Å². The second-order valence-corrected chi connectivity index (χ2v) is 7.10. The molecule has 26 heavy (non-hydrogen) atoms. The lowest BCUT2D eigenvalue weighted by molar-refractivity contribution is 0.369. The van der Waals surface area contributed by atoms with Crippen LogP contribution in [0.4, 0.5) is 5.95 Å². The predicted octanol–water partition coefficient (Wildman–Crippen LogP) is 3.16. The summed E-state index contributed by atoms with van der Waals surface area (Å²) < 4.78 is 11.6. The number of fused-ring (bicyclic) bond motifs is 1. The SMILES string of the molecule is COc1ccccc1Oc1nc(N2CCC(C)CC2)nc2c1CNCC2. The van der Waals surface area contributed by atoms with Gasteiger partial charge in [0.15, 0.2) is 11.5 Å². The molecule has 1 aromatic carbocycles. The number of aromatic nitrogens is 2. The average molecular weight is 354 g/mol. The molecule has 0 unspecified atom stereocenters. The van der Waals surface area contributed by atoms with Crippen molar-refractivity contribution < 1.29 is 9.47 Å². The molecule has 0 saturated carbocycles. The lowest BCUT2D eigenvalue weighted by atomic mass is 9.99. The molecule has 0 aliphatic carbocycles. The first kappa shape index (κ1) is 17.1. The van der Waals surface area contributed by atoms with E-state index in [9.17, 15) is 0 Å². The number of anilines is 1. The summed E-state index contributed by atoms with van der Waals surface area (Å²) in [6.07, 6.45) is 3.27. The fraction of sp³-hybridized carbons (Fsp3) is 0.500. The van der Waals surface area contributed by atoms with Crippen LogP contribution in [0.15, 0.2) is 24.3 Å². The molecule has 2 aromatic rings. The van der Waals surface area contributed by atoms with Crippen LogP contribution in [0.5, 0.6) is 17.4 Å². The summed E-state index contributed by atoms with van der Waals surface area (Å²) in [5.41, 5.74) is 2.15. The third-order valence-corrected chi connectivity index (χ3v) is 5.23. The maximum absolute atomic E-state index is 6.21. The van der Waals surface area contributed by atoms with Crippen LogP contribution < -0.4 is 19.7 Å². The molecule has 6 nitrogen and oxygen atoms in total. The molecule has 6 heteroatoms. The molecule has 0 amide bonds. The van der Waals surface area contributed by atoms with Gasteiger partial charge in [-0.05, 0) is 30.9 Å². The van der Waals surface area contributed by atoms with Gasteiger partial charge in [0, 0.05) is 32.6 Å². The average Bonchev–Trinajstić information content (AvgIpc) is 2.69. The fourth-order valence-electron chi connectivity index (χ4n) is 3.54. The number of methoxy groups -OCH3 is 1. The van der Waals surface area contributed by atoms with Crippen LogP contribution in [0.2, 0.25) is 0 Å². The van der Waals surface area contributed by atoms with Crippen molar-refractivity contribution in [3.8, 4) is 17.4 Å². The Morgan fingerprint density at radius 1 is 1.12 bits per heavy atom. The Morgan fingerprint density at radius 2 is 1.88 bits per heavy atom. The van der Waals surface area contributed by atoms with Gasteiger partial charge in [0.2, 0.25) is 11.8 Å². The molecule has 4 rings (SSSR count). The van der Waals surface area contributed by atoms with Crippen LogP contribution >= 0.6 is 0 Å². The van der Waals surface area contributed by atoms with Crippen molar-refractivity contribution in [1.29, 1.82) is 0 Å². The Hall–Kier alpha value is -2.34. The largest absolute Gasteiger partial charge is 0.493 e. The summed E-state index contributed by atoms with van der Waals surface area (Å²) in [7, 11) is 1.65. The number of para-hydroxylation sites is 2. The molecule has 1 fully saturated rings. The fourth-order valence-corrected chi connectivity index (χ4v) is 3.54. The van der Waals surface area contributed by atoms with Crippen molar-refractivity contribution in [2.24, 2.45) is 5.92 Å². The van der Waals surface area contributed by atoms with Crippen molar-refractivity contribution in [3.63, 3.8) is 0 Å². The number of nitrogens with zero attached hydrogens (tertiary/aromatic N) is 3. The van der Waals surface area contributed by atoms with Gasteiger partial charge in [-0.15, -0.1) is 0 Å². The zero-order chi connectivity index (χ0) is 17.9. The maximum Gasteiger partial charge on any atom is 0.229 e. The van der Waals surface area contributed by atoms with E-state index in [2.05, 4.69) is 17.1 Å². The number of hydrogen-bond acceptors (Lipinski definition) is 6. The van der Waals surface area contributed by atoms with Crippen LogP contribution in [0.25, 0.3) is 0 Å². The van der Waals surface area contributed by atoms with Crippen LogP contribution in [-0.4, -0.2) is 36.7 Å². The molecular weight excluding hydrogens is 328 g/mol. The van der Waals surface area contributed by atoms with E-state index in [4.69, 9.17) is 19.4 Å². The first-order valence-corrected chi connectivity index (χ1v) is 9.41. The molecule has 2 aliphatic heterocycles. The van der Waals surface area contributed by atoms with Gasteiger partial charge in [0.05, 0.1) is 18.4 Å². The third kappa shape index (κ3) is 3.46. The zero-order valence-electron chi connectivity index (χ0n) is 15.5. The molecule has 1 N–H and O–H groups in total. The van der Waals surface area contributed by atoms with Crippen molar-refractivity contribution in [3.05, 3.63) is 35.5 Å². The Kier molecular flexibility index (Phi) is 4.93. The number of benzene rings is 1. The van der Waals surface area contributed by atoms with Crippen LogP contribution in [0.3, 0.4) is 0 Å². The highest BCUT2D eigenvalue weighted by atomic mass is 16.5. The van der Waals surface area contributed by atoms with Gasteiger partial charge in [-0.25, -0.2) is 4.98 Å². The third-order valence-electron chi connectivity index (χ3n) is 5.23. The van der Waals surface area contributed by atoms with Crippen molar-refractivity contribution in [2.45, 2.75) is 32.7 Å². The molecule has 0 atom stereocenters. The smallest absolute Gasteiger partial charge is 0.229 e. The number of hydrogen-bond donors (Lipinski definition) is 1. The van der Waals surface area contributed by atoms with Gasteiger partial charge in [0.1, 0.15) is 0 Å². The minimum atomic E-state index is 0.639. The van der Waals surface area contributed by atoms with E-state index in [1.807, 2.05) is 24.3 Å². The molecule has 1 aromatic heterocycles. The van der Waals surface area contributed by atoms with Gasteiger partial charge < -0.3 is 19.7 Å². The lowest BCUT2D eigenvalue weighted by Gasteiger charge is -2.31. The molecule has 138 valence electrons. The minimum absolute atomic E-state index is 0.639. The maximum atomic E-state index is 6.21. The highest BCUT2D eigenvalue weighted by molar-refractivity contribution is 5.46. The van der Waals surface area contributed by atoms with E-state index < -0.39 is 0 Å². The Balaban J connectivity index is 1.69. The number of ether oxygens (including phenoxy) is 2. The summed E-state index contributed by atoms with van der Waals surface area (Å²) in [4.78, 5) is 12.0. The Morgan fingerprint density at radius 3 is 2.65 bits per heavy atom. The van der Waals surface area contributed by atoms with Crippen molar-refractivity contribution >= 4 is 5.95 Å². The predicted molar refractivity (Wildman–Crippen MR) is 101 cm³/mol. The number of nitrogens with one attached hydrogen (secondary N) is 1. The van der Waals surface area contributed by atoms with E-state index in [1.165, 1.54) is 12.8 Å². The highest BCUT2D eigenvalue weighted by Gasteiger charge is 2.24. The topological polar surface area (TPSA) is 59.5 Å². The van der Waals surface area contributed by atoms with Gasteiger partial charge in [-0.2, -0.15) is 4.98 Å². The molecule has 0 spiro atoms. The molecule has 0 bridgehead atoms. The number of piperidine rings is 1. The Labute approximate surface area is 154 Å². The molecule has 3 heterocycles. The first-order valence-electron chi connectivity index (χ1n) is 9.41. The second kappa shape index (κ2) is 7.50. The summed E-state index contributed by atoms with van der Waals surface area (Å²) in [6, 6.07) is 7.68. The van der Waals surface area contributed by atoms with Gasteiger partial charge in [-0.3, -0.25) is 0 Å². The first-order chi connectivity index (χ1) is 12.7. The van der Waals surface area contributed by atoms with Gasteiger partial charge >= 0.3 is 0 Å².